The highest BCUT2D eigenvalue weighted by atomic mass is 19.1. The Labute approximate surface area is 110 Å². The molecule has 0 saturated heterocycles. The van der Waals surface area contributed by atoms with Crippen LogP contribution in [0.3, 0.4) is 0 Å². The van der Waals surface area contributed by atoms with Gasteiger partial charge in [0.1, 0.15) is 11.4 Å². The lowest BCUT2D eigenvalue weighted by Gasteiger charge is -2.28. The summed E-state index contributed by atoms with van der Waals surface area (Å²) < 4.78 is 12.7. The first-order chi connectivity index (χ1) is 9.05. The molecule has 1 amide bonds. The fourth-order valence-electron chi connectivity index (χ4n) is 1.54. The number of nitrogens with one attached hydrogen (secondary N) is 1. The maximum atomic E-state index is 12.7. The molecular formula is C13H18FNO4. The van der Waals surface area contributed by atoms with Gasteiger partial charge in [-0.25, -0.2) is 4.39 Å². The van der Waals surface area contributed by atoms with Gasteiger partial charge in [0.15, 0.2) is 0 Å². The summed E-state index contributed by atoms with van der Waals surface area (Å²) in [5.74, 6) is -0.741. The molecule has 0 bridgehead atoms. The minimum Gasteiger partial charge on any atom is -0.394 e. The molecule has 0 aliphatic rings. The summed E-state index contributed by atoms with van der Waals surface area (Å²) >= 11 is 0. The zero-order valence-electron chi connectivity index (χ0n) is 10.5. The molecule has 0 saturated carbocycles. The first-order valence-electron chi connectivity index (χ1n) is 5.93. The topological polar surface area (TPSA) is 89.8 Å². The van der Waals surface area contributed by atoms with Crippen molar-refractivity contribution in [2.24, 2.45) is 0 Å². The molecule has 0 fully saturated rings. The lowest BCUT2D eigenvalue weighted by molar-refractivity contribution is -0.125. The average molecular weight is 271 g/mol. The van der Waals surface area contributed by atoms with Crippen molar-refractivity contribution in [3.63, 3.8) is 0 Å². The standard InChI is InChI=1S/C13H18FNO4/c14-11-4-1-10(2-5-11)3-6-12(19)15-13(7-16,8-17)9-18/h1-2,4-5,16-18H,3,6-9H2,(H,15,19). The van der Waals surface area contributed by atoms with Crippen molar-refractivity contribution in [1.29, 1.82) is 0 Å². The third-order valence-electron chi connectivity index (χ3n) is 2.87. The number of halogens is 1. The minimum atomic E-state index is -1.40. The second-order valence-corrected chi connectivity index (χ2v) is 4.43. The number of benzene rings is 1. The highest BCUT2D eigenvalue weighted by Gasteiger charge is 2.29. The van der Waals surface area contributed by atoms with E-state index in [1.54, 1.807) is 12.1 Å². The van der Waals surface area contributed by atoms with Crippen LogP contribution in [-0.2, 0) is 11.2 Å². The van der Waals surface area contributed by atoms with E-state index in [1.807, 2.05) is 0 Å². The molecule has 1 aromatic carbocycles. The Hall–Kier alpha value is -1.50. The summed E-state index contributed by atoms with van der Waals surface area (Å²) in [6.45, 7) is -1.66. The van der Waals surface area contributed by atoms with Gasteiger partial charge in [-0.15, -0.1) is 0 Å². The largest absolute Gasteiger partial charge is 0.394 e. The third kappa shape index (κ3) is 4.59. The molecule has 0 aromatic heterocycles. The molecule has 6 heteroatoms. The molecule has 0 unspecified atom stereocenters. The van der Waals surface area contributed by atoms with Crippen LogP contribution in [0.5, 0.6) is 0 Å². The molecule has 19 heavy (non-hydrogen) atoms. The lowest BCUT2D eigenvalue weighted by atomic mass is 10.0. The molecule has 0 aliphatic heterocycles. The van der Waals surface area contributed by atoms with Crippen LogP contribution >= 0.6 is 0 Å². The van der Waals surface area contributed by atoms with Gasteiger partial charge in [0, 0.05) is 6.42 Å². The Morgan fingerprint density at radius 2 is 1.63 bits per heavy atom. The van der Waals surface area contributed by atoms with Crippen LogP contribution in [0.25, 0.3) is 0 Å². The van der Waals surface area contributed by atoms with Gasteiger partial charge in [0.2, 0.25) is 5.91 Å². The van der Waals surface area contributed by atoms with Crippen molar-refractivity contribution in [3.8, 4) is 0 Å². The average Bonchev–Trinajstić information content (AvgIpc) is 2.44. The molecule has 0 heterocycles. The first-order valence-corrected chi connectivity index (χ1v) is 5.93. The van der Waals surface area contributed by atoms with E-state index < -0.39 is 31.3 Å². The van der Waals surface area contributed by atoms with Gasteiger partial charge in [-0.05, 0) is 24.1 Å². The van der Waals surface area contributed by atoms with Gasteiger partial charge in [-0.1, -0.05) is 12.1 Å². The molecule has 4 N–H and O–H groups in total. The Morgan fingerprint density at radius 3 is 2.11 bits per heavy atom. The molecule has 1 rings (SSSR count). The summed E-state index contributed by atoms with van der Waals surface area (Å²) in [4.78, 5) is 11.7. The van der Waals surface area contributed by atoms with Crippen LogP contribution < -0.4 is 5.32 Å². The summed E-state index contributed by atoms with van der Waals surface area (Å²) in [7, 11) is 0. The van der Waals surface area contributed by atoms with Gasteiger partial charge in [-0.3, -0.25) is 4.79 Å². The van der Waals surface area contributed by atoms with E-state index in [4.69, 9.17) is 15.3 Å². The zero-order chi connectivity index (χ0) is 14.3. The maximum absolute atomic E-state index is 12.7. The molecule has 0 aliphatic carbocycles. The van der Waals surface area contributed by atoms with Gasteiger partial charge in [0.25, 0.3) is 0 Å². The number of aryl methyl sites for hydroxylation is 1. The van der Waals surface area contributed by atoms with Crippen LogP contribution in [0.15, 0.2) is 24.3 Å². The van der Waals surface area contributed by atoms with E-state index in [2.05, 4.69) is 5.32 Å². The number of aliphatic hydroxyl groups is 3. The SMILES string of the molecule is O=C(CCc1ccc(F)cc1)NC(CO)(CO)CO. The van der Waals surface area contributed by atoms with Crippen molar-refractivity contribution in [3.05, 3.63) is 35.6 Å². The Balaban J connectivity index is 2.49. The second kappa shape index (κ2) is 7.18. The summed E-state index contributed by atoms with van der Waals surface area (Å²) in [6, 6.07) is 5.79. The lowest BCUT2D eigenvalue weighted by Crippen LogP contribution is -2.57. The van der Waals surface area contributed by atoms with E-state index >= 15 is 0 Å². The van der Waals surface area contributed by atoms with Crippen molar-refractivity contribution >= 4 is 5.91 Å². The summed E-state index contributed by atoms with van der Waals surface area (Å²) in [5, 5.41) is 29.6. The molecule has 0 radical (unpaired) electrons. The van der Waals surface area contributed by atoms with Gasteiger partial charge in [-0.2, -0.15) is 0 Å². The zero-order valence-corrected chi connectivity index (χ0v) is 10.5. The number of amides is 1. The summed E-state index contributed by atoms with van der Waals surface area (Å²) in [5.41, 5.74) is -0.598. The normalized spacial score (nSPS) is 11.4. The van der Waals surface area contributed by atoms with Gasteiger partial charge in [0.05, 0.1) is 19.8 Å². The van der Waals surface area contributed by atoms with E-state index in [1.165, 1.54) is 12.1 Å². The van der Waals surface area contributed by atoms with Gasteiger partial charge < -0.3 is 20.6 Å². The van der Waals surface area contributed by atoms with Crippen LogP contribution in [0.4, 0.5) is 4.39 Å². The fraction of sp³-hybridized carbons (Fsp3) is 0.462. The first kappa shape index (κ1) is 15.6. The minimum absolute atomic E-state index is 0.118. The van der Waals surface area contributed by atoms with E-state index in [0.717, 1.165) is 5.56 Å². The number of carbonyl (C=O) groups is 1. The van der Waals surface area contributed by atoms with Crippen LogP contribution in [0.1, 0.15) is 12.0 Å². The summed E-state index contributed by atoms with van der Waals surface area (Å²) in [6.07, 6.45) is 0.526. The fourth-order valence-corrected chi connectivity index (χ4v) is 1.54. The number of carbonyl (C=O) groups excluding carboxylic acids is 1. The van der Waals surface area contributed by atoms with Crippen LogP contribution in [0.2, 0.25) is 0 Å². The quantitative estimate of drug-likeness (QED) is 0.543. The third-order valence-corrected chi connectivity index (χ3v) is 2.87. The predicted molar refractivity (Wildman–Crippen MR) is 66.9 cm³/mol. The highest BCUT2D eigenvalue weighted by Crippen LogP contribution is 2.07. The van der Waals surface area contributed by atoms with Crippen LogP contribution in [0, 0.1) is 5.82 Å². The smallest absolute Gasteiger partial charge is 0.220 e. The number of hydrogen-bond acceptors (Lipinski definition) is 4. The second-order valence-electron chi connectivity index (χ2n) is 4.43. The molecule has 5 nitrogen and oxygen atoms in total. The number of aliphatic hydroxyl groups excluding tert-OH is 3. The molecule has 0 atom stereocenters. The monoisotopic (exact) mass is 271 g/mol. The van der Waals surface area contributed by atoms with Crippen molar-refractivity contribution in [1.82, 2.24) is 5.32 Å². The molecular weight excluding hydrogens is 253 g/mol. The molecule has 106 valence electrons. The van der Waals surface area contributed by atoms with Gasteiger partial charge >= 0.3 is 0 Å². The number of rotatable bonds is 7. The molecule has 0 spiro atoms. The van der Waals surface area contributed by atoms with E-state index in [-0.39, 0.29) is 12.2 Å². The number of hydrogen-bond donors (Lipinski definition) is 4. The van der Waals surface area contributed by atoms with E-state index in [0.29, 0.717) is 6.42 Å². The Bertz CT molecular complexity index is 395. The van der Waals surface area contributed by atoms with Crippen LogP contribution in [-0.4, -0.2) is 46.6 Å². The van der Waals surface area contributed by atoms with Crippen molar-refractivity contribution in [2.75, 3.05) is 19.8 Å². The van der Waals surface area contributed by atoms with Crippen molar-refractivity contribution < 1.29 is 24.5 Å². The molecule has 1 aromatic rings. The van der Waals surface area contributed by atoms with E-state index in [9.17, 15) is 9.18 Å². The predicted octanol–water partition coefficient (Wildman–Crippen LogP) is -0.410. The Morgan fingerprint density at radius 1 is 1.11 bits per heavy atom. The Kier molecular flexibility index (Phi) is 5.88. The van der Waals surface area contributed by atoms with Crippen molar-refractivity contribution in [2.45, 2.75) is 18.4 Å². The maximum Gasteiger partial charge on any atom is 0.220 e. The highest BCUT2D eigenvalue weighted by molar-refractivity contribution is 5.77.